The summed E-state index contributed by atoms with van der Waals surface area (Å²) in [4.78, 5) is 10.9. The van der Waals surface area contributed by atoms with Gasteiger partial charge in [0.05, 0.1) is 6.61 Å². The number of carbonyl (C=O) groups is 1. The second-order valence-electron chi connectivity index (χ2n) is 2.71. The van der Waals surface area contributed by atoms with Gasteiger partial charge in [0.15, 0.2) is 0 Å². The summed E-state index contributed by atoms with van der Waals surface area (Å²) < 4.78 is 5.20. The van der Waals surface area contributed by atoms with E-state index in [2.05, 4.69) is 12.2 Å². The van der Waals surface area contributed by atoms with Crippen molar-refractivity contribution in [2.75, 3.05) is 19.8 Å². The molecule has 0 aromatic heterocycles. The zero-order valence-corrected chi connectivity index (χ0v) is 10.1. The molecule has 0 rings (SSSR count). The van der Waals surface area contributed by atoms with Gasteiger partial charge in [-0.15, -0.1) is 0 Å². The highest BCUT2D eigenvalue weighted by molar-refractivity contribution is 5.75. The van der Waals surface area contributed by atoms with Crippen molar-refractivity contribution in [1.29, 1.82) is 0 Å². The van der Waals surface area contributed by atoms with Crippen LogP contribution in [0.3, 0.4) is 0 Å². The molecule has 3 nitrogen and oxygen atoms in total. The quantitative estimate of drug-likeness (QED) is 0.649. The maximum atomic E-state index is 10.9. The number of carbonyl (C=O) groups excluding carboxylic acids is 1. The highest BCUT2D eigenvalue weighted by Gasteiger charge is 1.96. The summed E-state index contributed by atoms with van der Waals surface area (Å²) in [5, 5.41) is 2.78. The predicted molar refractivity (Wildman–Crippen MR) is 62.5 cm³/mol. The maximum absolute atomic E-state index is 10.9. The zero-order chi connectivity index (χ0) is 11.2. The van der Waals surface area contributed by atoms with Crippen LogP contribution in [0.15, 0.2) is 0 Å². The van der Waals surface area contributed by atoms with E-state index in [1.54, 1.807) is 0 Å². The predicted octanol–water partition coefficient (Wildman–Crippen LogP) is 2.60. The lowest BCUT2D eigenvalue weighted by molar-refractivity contribution is -0.121. The molecule has 0 heterocycles. The van der Waals surface area contributed by atoms with E-state index in [1.807, 2.05) is 20.8 Å². The van der Waals surface area contributed by atoms with Gasteiger partial charge < -0.3 is 10.1 Å². The van der Waals surface area contributed by atoms with Gasteiger partial charge >= 0.3 is 0 Å². The van der Waals surface area contributed by atoms with Crippen LogP contribution in [-0.4, -0.2) is 25.7 Å². The van der Waals surface area contributed by atoms with Crippen LogP contribution in [-0.2, 0) is 9.53 Å². The van der Waals surface area contributed by atoms with Crippen molar-refractivity contribution in [3.05, 3.63) is 0 Å². The Hall–Kier alpha value is -0.570. The van der Waals surface area contributed by atoms with Gasteiger partial charge in [0.25, 0.3) is 0 Å². The van der Waals surface area contributed by atoms with Crippen molar-refractivity contribution in [3.8, 4) is 0 Å². The van der Waals surface area contributed by atoms with Crippen LogP contribution in [0, 0.1) is 0 Å². The fourth-order valence-electron chi connectivity index (χ4n) is 0.824. The number of nitrogens with one attached hydrogen (secondary N) is 1. The number of rotatable bonds is 7. The first kappa shape index (κ1) is 15.9. The van der Waals surface area contributed by atoms with Gasteiger partial charge in [-0.25, -0.2) is 0 Å². The molecule has 0 aliphatic carbocycles. The third kappa shape index (κ3) is 14.0. The Labute approximate surface area is 89.7 Å². The summed E-state index contributed by atoms with van der Waals surface area (Å²) in [5.41, 5.74) is 0. The molecule has 88 valence electrons. The Kier molecular flexibility index (Phi) is 16.9. The smallest absolute Gasteiger partial charge is 0.220 e. The van der Waals surface area contributed by atoms with Gasteiger partial charge in [0.2, 0.25) is 5.91 Å². The van der Waals surface area contributed by atoms with E-state index in [1.165, 1.54) is 0 Å². The molecule has 0 spiro atoms. The maximum Gasteiger partial charge on any atom is 0.220 e. The Morgan fingerprint density at radius 2 is 1.86 bits per heavy atom. The fraction of sp³-hybridized carbons (Fsp3) is 0.909. The van der Waals surface area contributed by atoms with Crippen LogP contribution < -0.4 is 5.32 Å². The Bertz CT molecular complexity index is 121. The zero-order valence-electron chi connectivity index (χ0n) is 10.1. The van der Waals surface area contributed by atoms with E-state index in [9.17, 15) is 4.79 Å². The van der Waals surface area contributed by atoms with E-state index in [4.69, 9.17) is 4.74 Å². The molecule has 0 unspecified atom stereocenters. The highest BCUT2D eigenvalue weighted by Crippen LogP contribution is 1.85. The topological polar surface area (TPSA) is 38.3 Å². The van der Waals surface area contributed by atoms with E-state index in [-0.39, 0.29) is 7.33 Å². The molecule has 0 atom stereocenters. The largest absolute Gasteiger partial charge is 0.380 e. The van der Waals surface area contributed by atoms with Crippen LogP contribution in [0.1, 0.15) is 48.4 Å². The average molecular weight is 205 g/mol. The lowest BCUT2D eigenvalue weighted by atomic mass is 10.3. The molecule has 1 N–H and O–H groups in total. The molecule has 0 saturated heterocycles. The molecular formula is C11H27NO2. The van der Waals surface area contributed by atoms with Crippen molar-refractivity contribution in [3.63, 3.8) is 0 Å². The average Bonchev–Trinajstić information content (AvgIpc) is 2.21. The second-order valence-corrected chi connectivity index (χ2v) is 2.71. The Balaban J connectivity index is -0.000000449. The number of hydrogen-bond acceptors (Lipinski definition) is 2. The minimum Gasteiger partial charge on any atom is -0.380 e. The van der Waals surface area contributed by atoms with Crippen LogP contribution in [0.5, 0.6) is 0 Å². The molecule has 14 heavy (non-hydrogen) atoms. The highest BCUT2D eigenvalue weighted by atomic mass is 16.5. The molecule has 3 heteroatoms. The summed E-state index contributed by atoms with van der Waals surface area (Å²) >= 11 is 0. The van der Waals surface area contributed by atoms with Crippen LogP contribution in [0.2, 0.25) is 0 Å². The summed E-state index contributed by atoms with van der Waals surface area (Å²) in [6.45, 7) is 10.1. The first-order valence-corrected chi connectivity index (χ1v) is 5.65. The number of amides is 1. The monoisotopic (exact) mass is 205 g/mol. The van der Waals surface area contributed by atoms with Crippen molar-refractivity contribution < 1.29 is 11.0 Å². The molecule has 0 bridgehead atoms. The molecule has 0 fully saturated rings. The van der Waals surface area contributed by atoms with E-state index < -0.39 is 0 Å². The molecule has 1 amide bonds. The lowest BCUT2D eigenvalue weighted by Gasteiger charge is -2.04. The van der Waals surface area contributed by atoms with E-state index in [0.717, 1.165) is 19.4 Å². The molecule has 0 saturated carbocycles. The molecule has 0 aliphatic heterocycles. The summed E-state index contributed by atoms with van der Waals surface area (Å²) in [6.07, 6.45) is 2.55. The van der Waals surface area contributed by atoms with Crippen LogP contribution in [0.4, 0.5) is 0 Å². The summed E-state index contributed by atoms with van der Waals surface area (Å²) in [7, 11) is 0. The molecule has 0 aromatic carbocycles. The van der Waals surface area contributed by atoms with Gasteiger partial charge in [-0.05, 0) is 12.8 Å². The van der Waals surface area contributed by atoms with Gasteiger partial charge in [-0.2, -0.15) is 0 Å². The number of hydrogen-bond donors (Lipinski definition) is 1. The van der Waals surface area contributed by atoms with Gasteiger partial charge in [0, 0.05) is 21.0 Å². The third-order valence-corrected chi connectivity index (χ3v) is 1.39. The Morgan fingerprint density at radius 1 is 1.21 bits per heavy atom. The first-order valence-electron chi connectivity index (χ1n) is 5.65. The van der Waals surface area contributed by atoms with Gasteiger partial charge in [-0.3, -0.25) is 4.79 Å². The fourth-order valence-corrected chi connectivity index (χ4v) is 0.824. The lowest BCUT2D eigenvalue weighted by Crippen LogP contribution is -2.26. The second kappa shape index (κ2) is 14.9. The van der Waals surface area contributed by atoms with Crippen molar-refractivity contribution in [2.24, 2.45) is 0 Å². The van der Waals surface area contributed by atoms with Crippen molar-refractivity contribution in [1.82, 2.24) is 5.32 Å². The summed E-state index contributed by atoms with van der Waals surface area (Å²) in [5.74, 6) is 0.123. The van der Waals surface area contributed by atoms with Crippen LogP contribution >= 0.6 is 0 Å². The van der Waals surface area contributed by atoms with Crippen LogP contribution in [0.25, 0.3) is 0 Å². The standard InChI is InChI=1S/C9H19NO2.C2H6.H2/c1-3-5-9(11)10-6-8-12-7-4-2;1-2;/h3-8H2,1-2H3,(H,10,11);1-2H3;1H. The molecule has 0 aliphatic rings. The van der Waals surface area contributed by atoms with E-state index >= 15 is 0 Å². The van der Waals surface area contributed by atoms with Crippen molar-refractivity contribution >= 4 is 5.91 Å². The minimum atomic E-state index is 0. The third-order valence-electron chi connectivity index (χ3n) is 1.39. The van der Waals surface area contributed by atoms with Gasteiger partial charge in [0.1, 0.15) is 0 Å². The van der Waals surface area contributed by atoms with Crippen molar-refractivity contribution in [2.45, 2.75) is 47.0 Å². The summed E-state index contributed by atoms with van der Waals surface area (Å²) in [6, 6.07) is 0. The normalized spacial score (nSPS) is 8.86. The Morgan fingerprint density at radius 3 is 2.36 bits per heavy atom. The molecular weight excluding hydrogens is 178 g/mol. The number of ether oxygens (including phenoxy) is 1. The van der Waals surface area contributed by atoms with Gasteiger partial charge in [-0.1, -0.05) is 27.7 Å². The molecule has 0 radical (unpaired) electrons. The first-order chi connectivity index (χ1) is 6.81. The minimum absolute atomic E-state index is 0. The van der Waals surface area contributed by atoms with E-state index in [0.29, 0.717) is 19.6 Å². The SMILES string of the molecule is CC.CCCOCCNC(=O)CCC.[HH]. The molecule has 0 aromatic rings.